The lowest BCUT2D eigenvalue weighted by atomic mass is 10.1. The minimum absolute atomic E-state index is 0.106. The quantitative estimate of drug-likeness (QED) is 0.602. The van der Waals surface area contributed by atoms with E-state index in [1.54, 1.807) is 23.1 Å². The summed E-state index contributed by atoms with van der Waals surface area (Å²) < 4.78 is 26.9. The largest absolute Gasteiger partial charge is 0.340 e. The van der Waals surface area contributed by atoms with Crippen LogP contribution < -0.4 is 0 Å². The molecule has 0 aliphatic carbocycles. The molecule has 9 heteroatoms. The normalized spacial score (nSPS) is 15.7. The molecular weight excluding hydrogens is 432 g/mol. The highest BCUT2D eigenvalue weighted by molar-refractivity contribution is 7.92. The molecule has 1 saturated heterocycles. The molecular formula is C20H21ClN2O4S2. The van der Waals surface area contributed by atoms with Crippen molar-refractivity contribution in [3.8, 4) is 0 Å². The van der Waals surface area contributed by atoms with E-state index in [4.69, 9.17) is 11.6 Å². The van der Waals surface area contributed by atoms with Crippen molar-refractivity contribution in [1.29, 1.82) is 0 Å². The number of hydrogen-bond acceptors (Lipinski definition) is 5. The Morgan fingerprint density at radius 2 is 1.69 bits per heavy atom. The number of benzene rings is 1. The van der Waals surface area contributed by atoms with Crippen LogP contribution in [0.1, 0.15) is 28.1 Å². The second kappa shape index (κ2) is 9.67. The van der Waals surface area contributed by atoms with Crippen molar-refractivity contribution >= 4 is 50.7 Å². The first-order valence-corrected chi connectivity index (χ1v) is 11.8. The summed E-state index contributed by atoms with van der Waals surface area (Å²) in [5.41, 5.74) is 0.807. The van der Waals surface area contributed by atoms with E-state index >= 15 is 0 Å². The minimum Gasteiger partial charge on any atom is -0.340 e. The molecule has 1 amide bonds. The van der Waals surface area contributed by atoms with Gasteiger partial charge in [0.2, 0.25) is 15.9 Å². The second-order valence-electron chi connectivity index (χ2n) is 6.57. The van der Waals surface area contributed by atoms with E-state index in [0.717, 1.165) is 5.56 Å². The van der Waals surface area contributed by atoms with Crippen molar-refractivity contribution < 1.29 is 18.0 Å². The summed E-state index contributed by atoms with van der Waals surface area (Å²) in [6, 6.07) is 12.5. The van der Waals surface area contributed by atoms with E-state index in [1.165, 1.54) is 21.1 Å². The molecule has 0 radical (unpaired) electrons. The van der Waals surface area contributed by atoms with Crippen LogP contribution in [-0.2, 0) is 14.8 Å². The van der Waals surface area contributed by atoms with Crippen molar-refractivity contribution in [1.82, 2.24) is 9.21 Å². The molecule has 0 N–H and O–H groups in total. The summed E-state index contributed by atoms with van der Waals surface area (Å²) in [4.78, 5) is 26.6. The molecule has 1 fully saturated rings. The van der Waals surface area contributed by atoms with Crippen LogP contribution in [-0.4, -0.2) is 55.5 Å². The zero-order valence-corrected chi connectivity index (χ0v) is 18.0. The highest BCUT2D eigenvalue weighted by atomic mass is 35.5. The van der Waals surface area contributed by atoms with Crippen LogP contribution in [0.4, 0.5) is 0 Å². The van der Waals surface area contributed by atoms with Crippen LogP contribution in [0.3, 0.4) is 0 Å². The lowest BCUT2D eigenvalue weighted by molar-refractivity contribution is -0.132. The number of carbonyl (C=O) groups is 2. The Morgan fingerprint density at radius 3 is 2.31 bits per heavy atom. The number of Topliss-reactive ketones (excluding diaryl/α,β-unsaturated/α-hetero) is 1. The van der Waals surface area contributed by atoms with Crippen LogP contribution in [0.15, 0.2) is 47.9 Å². The van der Waals surface area contributed by atoms with E-state index in [9.17, 15) is 18.0 Å². The molecule has 6 nitrogen and oxygen atoms in total. The van der Waals surface area contributed by atoms with E-state index in [2.05, 4.69) is 0 Å². The first-order chi connectivity index (χ1) is 13.8. The number of piperazine rings is 1. The average molecular weight is 453 g/mol. The Hall–Kier alpha value is -2.00. The minimum atomic E-state index is -3.54. The van der Waals surface area contributed by atoms with Crippen LogP contribution in [0.2, 0.25) is 4.34 Å². The predicted octanol–water partition coefficient (Wildman–Crippen LogP) is 3.51. The Morgan fingerprint density at radius 1 is 1.00 bits per heavy atom. The molecule has 2 aromatic rings. The van der Waals surface area contributed by atoms with Gasteiger partial charge in [0.25, 0.3) is 0 Å². The van der Waals surface area contributed by atoms with Gasteiger partial charge in [0, 0.05) is 44.4 Å². The van der Waals surface area contributed by atoms with Gasteiger partial charge in [-0.3, -0.25) is 9.59 Å². The second-order valence-corrected chi connectivity index (χ2v) is 10.1. The zero-order valence-electron chi connectivity index (χ0n) is 15.7. The molecule has 0 unspecified atom stereocenters. The van der Waals surface area contributed by atoms with Crippen LogP contribution in [0.5, 0.6) is 0 Å². The molecule has 154 valence electrons. The number of ketones is 1. The van der Waals surface area contributed by atoms with Crippen molar-refractivity contribution in [2.24, 2.45) is 0 Å². The SMILES string of the molecule is O=C(CCC(=O)N1CCN(S(=O)(=O)C=Cc2ccccc2)CC1)c1ccc(Cl)s1. The van der Waals surface area contributed by atoms with Crippen molar-refractivity contribution in [2.45, 2.75) is 12.8 Å². The Balaban J connectivity index is 1.48. The molecule has 29 heavy (non-hydrogen) atoms. The van der Waals surface area contributed by atoms with Gasteiger partial charge < -0.3 is 4.90 Å². The monoisotopic (exact) mass is 452 g/mol. The Labute approximate surface area is 179 Å². The van der Waals surface area contributed by atoms with Crippen LogP contribution >= 0.6 is 22.9 Å². The molecule has 1 aromatic carbocycles. The van der Waals surface area contributed by atoms with Crippen molar-refractivity contribution in [3.05, 3.63) is 62.6 Å². The number of nitrogens with zero attached hydrogens (tertiary/aromatic N) is 2. The maximum atomic E-state index is 12.5. The highest BCUT2D eigenvalue weighted by Gasteiger charge is 2.27. The number of sulfonamides is 1. The first kappa shape index (κ1) is 21.7. The summed E-state index contributed by atoms with van der Waals surface area (Å²) >= 11 is 7.03. The summed E-state index contributed by atoms with van der Waals surface area (Å²) in [6.07, 6.45) is 1.79. The van der Waals surface area contributed by atoms with Crippen LogP contribution in [0.25, 0.3) is 6.08 Å². The van der Waals surface area contributed by atoms with Gasteiger partial charge in [-0.25, -0.2) is 8.42 Å². The van der Waals surface area contributed by atoms with Gasteiger partial charge in [0.15, 0.2) is 5.78 Å². The average Bonchev–Trinajstić information content (AvgIpc) is 3.17. The molecule has 1 aliphatic rings. The van der Waals surface area contributed by atoms with Gasteiger partial charge in [-0.2, -0.15) is 4.31 Å². The molecule has 0 bridgehead atoms. The molecule has 2 heterocycles. The van der Waals surface area contributed by atoms with Crippen LogP contribution in [0, 0.1) is 0 Å². The standard InChI is InChI=1S/C20H21ClN2O4S2/c21-19-8-7-18(28-19)17(24)6-9-20(25)22-11-13-23(14-12-22)29(26,27)15-10-16-4-2-1-3-5-16/h1-5,7-8,10,15H,6,9,11-14H2. The topological polar surface area (TPSA) is 74.8 Å². The molecule has 1 aliphatic heterocycles. The fourth-order valence-electron chi connectivity index (χ4n) is 2.97. The molecule has 1 aromatic heterocycles. The lowest BCUT2D eigenvalue weighted by Gasteiger charge is -2.33. The van der Waals surface area contributed by atoms with E-state index in [1.807, 2.05) is 30.3 Å². The number of halogens is 1. The smallest absolute Gasteiger partial charge is 0.236 e. The van der Waals surface area contributed by atoms with E-state index in [-0.39, 0.29) is 37.6 Å². The number of hydrogen-bond donors (Lipinski definition) is 0. The molecule has 3 rings (SSSR count). The number of carbonyl (C=O) groups excluding carboxylic acids is 2. The van der Waals surface area contributed by atoms with Crippen molar-refractivity contribution in [3.63, 3.8) is 0 Å². The van der Waals surface area contributed by atoms with Gasteiger partial charge in [-0.15, -0.1) is 11.3 Å². The third-order valence-corrected chi connectivity index (χ3v) is 7.43. The predicted molar refractivity (Wildman–Crippen MR) is 115 cm³/mol. The lowest BCUT2D eigenvalue weighted by Crippen LogP contribution is -2.50. The summed E-state index contributed by atoms with van der Waals surface area (Å²) in [5, 5.41) is 1.20. The van der Waals surface area contributed by atoms with E-state index in [0.29, 0.717) is 22.3 Å². The molecule has 0 saturated carbocycles. The third-order valence-electron chi connectivity index (χ3n) is 4.60. The van der Waals surface area contributed by atoms with E-state index < -0.39 is 10.0 Å². The first-order valence-electron chi connectivity index (χ1n) is 9.15. The summed E-state index contributed by atoms with van der Waals surface area (Å²) in [7, 11) is -3.54. The third kappa shape index (κ3) is 5.99. The number of thiophene rings is 1. The van der Waals surface area contributed by atoms with Gasteiger partial charge in [-0.05, 0) is 23.8 Å². The van der Waals surface area contributed by atoms with Gasteiger partial charge in [0.05, 0.1) is 9.21 Å². The van der Waals surface area contributed by atoms with Crippen molar-refractivity contribution in [2.75, 3.05) is 26.2 Å². The van der Waals surface area contributed by atoms with Gasteiger partial charge >= 0.3 is 0 Å². The van der Waals surface area contributed by atoms with Gasteiger partial charge in [0.1, 0.15) is 0 Å². The fraction of sp³-hybridized carbons (Fsp3) is 0.300. The number of rotatable bonds is 7. The summed E-state index contributed by atoms with van der Waals surface area (Å²) in [6.45, 7) is 1.11. The zero-order chi connectivity index (χ0) is 20.9. The highest BCUT2D eigenvalue weighted by Crippen LogP contribution is 2.23. The fourth-order valence-corrected chi connectivity index (χ4v) is 5.16. The van der Waals surface area contributed by atoms with Gasteiger partial charge in [-0.1, -0.05) is 41.9 Å². The number of amides is 1. The maximum Gasteiger partial charge on any atom is 0.236 e. The molecule has 0 atom stereocenters. The molecule has 0 spiro atoms. The Bertz CT molecular complexity index is 994. The Kier molecular flexibility index (Phi) is 7.23. The summed E-state index contributed by atoms with van der Waals surface area (Å²) in [5.74, 6) is -0.250. The maximum absolute atomic E-state index is 12.5.